The maximum atomic E-state index is 10.7. The number of aliphatic carboxylic acids is 1. The number of rotatable bonds is 2. The zero-order valence-electron chi connectivity index (χ0n) is 10.6. The Morgan fingerprint density at radius 3 is 2.84 bits per heavy atom. The third-order valence-corrected chi connectivity index (χ3v) is 3.69. The minimum absolute atomic E-state index is 0.390. The molecular formula is C15H16O4. The standard InChI is InChI=1S/C15H16O4/c16-15(17)8-10-1-2-11(7-10)12-3-4-13-14(9-12)19-6-5-18-13/h3-4,8-9,11H,1-2,5-7H2,(H,16,17)/b10-8+. The van der Waals surface area contributed by atoms with Crippen LogP contribution in [0.15, 0.2) is 29.8 Å². The van der Waals surface area contributed by atoms with Gasteiger partial charge in [-0.25, -0.2) is 4.79 Å². The molecule has 0 radical (unpaired) electrons. The van der Waals surface area contributed by atoms with Gasteiger partial charge >= 0.3 is 5.97 Å². The van der Waals surface area contributed by atoms with Crippen LogP contribution in [0, 0.1) is 0 Å². The number of allylic oxidation sites excluding steroid dienone is 1. The summed E-state index contributed by atoms with van der Waals surface area (Å²) in [7, 11) is 0. The molecule has 1 aliphatic carbocycles. The molecule has 19 heavy (non-hydrogen) atoms. The van der Waals surface area contributed by atoms with Crippen molar-refractivity contribution in [3.63, 3.8) is 0 Å². The molecule has 1 saturated carbocycles. The van der Waals surface area contributed by atoms with Gasteiger partial charge in [0.25, 0.3) is 0 Å². The van der Waals surface area contributed by atoms with Crippen molar-refractivity contribution in [3.05, 3.63) is 35.4 Å². The zero-order valence-corrected chi connectivity index (χ0v) is 10.6. The van der Waals surface area contributed by atoms with E-state index in [0.29, 0.717) is 19.1 Å². The van der Waals surface area contributed by atoms with Crippen LogP contribution in [0.4, 0.5) is 0 Å². The van der Waals surface area contributed by atoms with Gasteiger partial charge in [0.2, 0.25) is 0 Å². The average Bonchev–Trinajstić information content (AvgIpc) is 2.86. The minimum Gasteiger partial charge on any atom is -0.486 e. The highest BCUT2D eigenvalue weighted by molar-refractivity contribution is 5.80. The first kappa shape index (κ1) is 12.1. The number of carbonyl (C=O) groups is 1. The van der Waals surface area contributed by atoms with Crippen molar-refractivity contribution in [2.45, 2.75) is 25.2 Å². The van der Waals surface area contributed by atoms with Crippen LogP contribution in [0.3, 0.4) is 0 Å². The summed E-state index contributed by atoms with van der Waals surface area (Å²) in [6.45, 7) is 1.19. The third kappa shape index (κ3) is 2.57. The van der Waals surface area contributed by atoms with Gasteiger partial charge in [-0.15, -0.1) is 0 Å². The van der Waals surface area contributed by atoms with E-state index in [1.54, 1.807) is 0 Å². The molecule has 0 aromatic heterocycles. The molecule has 0 bridgehead atoms. The summed E-state index contributed by atoms with van der Waals surface area (Å²) in [6, 6.07) is 6.04. The molecule has 1 atom stereocenters. The average molecular weight is 260 g/mol. The molecule has 1 aromatic rings. The van der Waals surface area contributed by atoms with Crippen molar-refractivity contribution in [3.8, 4) is 11.5 Å². The Labute approximate surface area is 111 Å². The monoisotopic (exact) mass is 260 g/mol. The summed E-state index contributed by atoms with van der Waals surface area (Å²) in [4.78, 5) is 10.7. The summed E-state index contributed by atoms with van der Waals surface area (Å²) in [5, 5.41) is 8.78. The van der Waals surface area contributed by atoms with E-state index in [9.17, 15) is 4.79 Å². The van der Waals surface area contributed by atoms with Gasteiger partial charge in [0.1, 0.15) is 13.2 Å². The van der Waals surface area contributed by atoms with Gasteiger partial charge in [0, 0.05) is 6.08 Å². The van der Waals surface area contributed by atoms with Crippen molar-refractivity contribution >= 4 is 5.97 Å². The quantitative estimate of drug-likeness (QED) is 0.831. The zero-order chi connectivity index (χ0) is 13.2. The maximum absolute atomic E-state index is 10.7. The lowest BCUT2D eigenvalue weighted by Gasteiger charge is -2.20. The molecule has 3 rings (SSSR count). The maximum Gasteiger partial charge on any atom is 0.328 e. The van der Waals surface area contributed by atoms with Gasteiger partial charge in [0.05, 0.1) is 0 Å². The van der Waals surface area contributed by atoms with Crippen LogP contribution in [0.25, 0.3) is 0 Å². The van der Waals surface area contributed by atoms with Crippen molar-refractivity contribution < 1.29 is 19.4 Å². The highest BCUT2D eigenvalue weighted by Gasteiger charge is 2.23. The van der Waals surface area contributed by atoms with E-state index in [1.807, 2.05) is 12.1 Å². The van der Waals surface area contributed by atoms with E-state index >= 15 is 0 Å². The normalized spacial score (nSPS) is 23.6. The Kier molecular flexibility index (Phi) is 3.15. The smallest absolute Gasteiger partial charge is 0.328 e. The first-order valence-electron chi connectivity index (χ1n) is 6.54. The topological polar surface area (TPSA) is 55.8 Å². The minimum atomic E-state index is -0.849. The Morgan fingerprint density at radius 2 is 2.05 bits per heavy atom. The number of ether oxygens (including phenoxy) is 2. The fraction of sp³-hybridized carbons (Fsp3) is 0.400. The van der Waals surface area contributed by atoms with Crippen molar-refractivity contribution in [2.24, 2.45) is 0 Å². The second kappa shape index (κ2) is 4.96. The first-order chi connectivity index (χ1) is 9.22. The van der Waals surface area contributed by atoms with Gasteiger partial charge in [-0.1, -0.05) is 11.6 Å². The van der Waals surface area contributed by atoms with E-state index < -0.39 is 5.97 Å². The molecule has 0 saturated heterocycles. The molecule has 1 aromatic carbocycles. The molecule has 1 unspecified atom stereocenters. The van der Waals surface area contributed by atoms with Gasteiger partial charge < -0.3 is 14.6 Å². The summed E-state index contributed by atoms with van der Waals surface area (Å²) in [5.74, 6) is 1.15. The number of hydrogen-bond donors (Lipinski definition) is 1. The van der Waals surface area contributed by atoms with Crippen LogP contribution in [0.5, 0.6) is 11.5 Å². The summed E-state index contributed by atoms with van der Waals surface area (Å²) in [5.41, 5.74) is 2.23. The van der Waals surface area contributed by atoms with E-state index in [-0.39, 0.29) is 0 Å². The Morgan fingerprint density at radius 1 is 1.26 bits per heavy atom. The van der Waals surface area contributed by atoms with Gasteiger partial charge in [0.15, 0.2) is 11.5 Å². The van der Waals surface area contributed by atoms with Crippen LogP contribution in [-0.4, -0.2) is 24.3 Å². The number of fused-ring (bicyclic) bond motifs is 1. The molecule has 0 spiro atoms. The fourth-order valence-electron chi connectivity index (χ4n) is 2.78. The van der Waals surface area contributed by atoms with E-state index in [2.05, 4.69) is 6.07 Å². The molecule has 1 heterocycles. The molecule has 1 fully saturated rings. The second-order valence-corrected chi connectivity index (χ2v) is 4.98. The van der Waals surface area contributed by atoms with E-state index in [1.165, 1.54) is 11.6 Å². The summed E-state index contributed by atoms with van der Waals surface area (Å²) < 4.78 is 11.1. The first-order valence-corrected chi connectivity index (χ1v) is 6.54. The van der Waals surface area contributed by atoms with Crippen LogP contribution < -0.4 is 9.47 Å². The fourth-order valence-corrected chi connectivity index (χ4v) is 2.78. The SMILES string of the molecule is O=C(O)/C=C1\CCC(c2ccc3c(c2)OCCO3)C1. The predicted molar refractivity (Wildman–Crippen MR) is 69.7 cm³/mol. The molecule has 2 aliphatic rings. The van der Waals surface area contributed by atoms with E-state index in [4.69, 9.17) is 14.6 Å². The van der Waals surface area contributed by atoms with Crippen molar-refractivity contribution in [2.75, 3.05) is 13.2 Å². The molecule has 1 aliphatic heterocycles. The third-order valence-electron chi connectivity index (χ3n) is 3.69. The van der Waals surface area contributed by atoms with Crippen molar-refractivity contribution in [1.29, 1.82) is 0 Å². The highest BCUT2D eigenvalue weighted by atomic mass is 16.6. The number of carboxylic acid groups (broad SMARTS) is 1. The molecule has 4 nitrogen and oxygen atoms in total. The molecule has 100 valence electrons. The molecular weight excluding hydrogens is 244 g/mol. The predicted octanol–water partition coefficient (Wildman–Crippen LogP) is 2.74. The Hall–Kier alpha value is -1.97. The highest BCUT2D eigenvalue weighted by Crippen LogP contribution is 2.41. The number of hydrogen-bond acceptors (Lipinski definition) is 3. The van der Waals surface area contributed by atoms with Crippen LogP contribution >= 0.6 is 0 Å². The Balaban J connectivity index is 1.78. The lowest BCUT2D eigenvalue weighted by Crippen LogP contribution is -2.15. The molecule has 1 N–H and O–H groups in total. The summed E-state index contributed by atoms with van der Waals surface area (Å²) in [6.07, 6.45) is 4.04. The molecule has 0 amide bonds. The summed E-state index contributed by atoms with van der Waals surface area (Å²) >= 11 is 0. The van der Waals surface area contributed by atoms with Gasteiger partial charge in [-0.3, -0.25) is 0 Å². The number of benzene rings is 1. The van der Waals surface area contributed by atoms with Gasteiger partial charge in [-0.2, -0.15) is 0 Å². The lowest BCUT2D eigenvalue weighted by atomic mass is 9.97. The van der Waals surface area contributed by atoms with Crippen LogP contribution in [0.2, 0.25) is 0 Å². The number of carboxylic acids is 1. The van der Waals surface area contributed by atoms with Gasteiger partial charge in [-0.05, 0) is 42.9 Å². The van der Waals surface area contributed by atoms with Crippen LogP contribution in [0.1, 0.15) is 30.7 Å². The van der Waals surface area contributed by atoms with Crippen LogP contribution in [-0.2, 0) is 4.79 Å². The Bertz CT molecular complexity index is 533. The second-order valence-electron chi connectivity index (χ2n) is 4.98. The largest absolute Gasteiger partial charge is 0.486 e. The van der Waals surface area contributed by atoms with E-state index in [0.717, 1.165) is 36.3 Å². The van der Waals surface area contributed by atoms with Crippen molar-refractivity contribution in [1.82, 2.24) is 0 Å². The molecule has 4 heteroatoms. The lowest BCUT2D eigenvalue weighted by molar-refractivity contribution is -0.131.